The van der Waals surface area contributed by atoms with Gasteiger partial charge in [-0.2, -0.15) is 0 Å². The van der Waals surface area contributed by atoms with Crippen LogP contribution in [0.15, 0.2) is 30.5 Å². The van der Waals surface area contributed by atoms with E-state index in [-0.39, 0.29) is 6.61 Å². The fourth-order valence-corrected chi connectivity index (χ4v) is 1.78. The number of aliphatic hydroxyl groups is 1. The smallest absolute Gasteiger partial charge is 0.219 e. The molecular formula is C15H18N2O2. The monoisotopic (exact) mass is 258 g/mol. The first-order valence-electron chi connectivity index (χ1n) is 6.42. The second kappa shape index (κ2) is 6.29. The molecule has 0 fully saturated rings. The standard InChI is InChI=1S/C15H18N2O2/c1-3-4-13-7-12(10-18)8-15(17-13)19-14-6-5-11(2)16-9-14/h5-9,18H,3-4,10H2,1-2H3. The van der Waals surface area contributed by atoms with Crippen molar-refractivity contribution in [3.63, 3.8) is 0 Å². The molecule has 0 bridgehead atoms. The summed E-state index contributed by atoms with van der Waals surface area (Å²) in [4.78, 5) is 8.60. The highest BCUT2D eigenvalue weighted by atomic mass is 16.5. The van der Waals surface area contributed by atoms with Crippen LogP contribution >= 0.6 is 0 Å². The number of aryl methyl sites for hydroxylation is 2. The van der Waals surface area contributed by atoms with Crippen LogP contribution in [0, 0.1) is 6.92 Å². The van der Waals surface area contributed by atoms with Gasteiger partial charge in [-0.05, 0) is 37.1 Å². The van der Waals surface area contributed by atoms with E-state index in [2.05, 4.69) is 16.9 Å². The van der Waals surface area contributed by atoms with E-state index in [0.29, 0.717) is 11.6 Å². The predicted molar refractivity (Wildman–Crippen MR) is 73.2 cm³/mol. The van der Waals surface area contributed by atoms with Crippen LogP contribution in [-0.2, 0) is 13.0 Å². The zero-order chi connectivity index (χ0) is 13.7. The molecule has 4 heteroatoms. The minimum absolute atomic E-state index is 0.0122. The number of hydrogen-bond acceptors (Lipinski definition) is 4. The van der Waals surface area contributed by atoms with Gasteiger partial charge in [-0.3, -0.25) is 4.98 Å². The van der Waals surface area contributed by atoms with Gasteiger partial charge in [0.05, 0.1) is 12.8 Å². The maximum Gasteiger partial charge on any atom is 0.219 e. The van der Waals surface area contributed by atoms with Gasteiger partial charge < -0.3 is 9.84 Å². The van der Waals surface area contributed by atoms with Crippen molar-refractivity contribution in [3.05, 3.63) is 47.4 Å². The molecule has 0 unspecified atom stereocenters. The van der Waals surface area contributed by atoms with Gasteiger partial charge in [-0.1, -0.05) is 13.3 Å². The Bertz CT molecular complexity index is 538. The van der Waals surface area contributed by atoms with E-state index in [0.717, 1.165) is 29.8 Å². The summed E-state index contributed by atoms with van der Waals surface area (Å²) < 4.78 is 5.68. The molecule has 0 atom stereocenters. The number of pyridine rings is 2. The molecule has 19 heavy (non-hydrogen) atoms. The summed E-state index contributed by atoms with van der Waals surface area (Å²) in [5.41, 5.74) is 2.69. The number of ether oxygens (including phenoxy) is 1. The summed E-state index contributed by atoms with van der Waals surface area (Å²) in [5.74, 6) is 1.15. The Labute approximate surface area is 113 Å². The fraction of sp³-hybridized carbons (Fsp3) is 0.333. The van der Waals surface area contributed by atoms with Crippen LogP contribution in [0.4, 0.5) is 0 Å². The van der Waals surface area contributed by atoms with E-state index in [1.54, 1.807) is 12.3 Å². The molecule has 0 saturated heterocycles. The maximum absolute atomic E-state index is 9.26. The van der Waals surface area contributed by atoms with E-state index < -0.39 is 0 Å². The van der Waals surface area contributed by atoms with Crippen LogP contribution in [0.5, 0.6) is 11.6 Å². The average Bonchev–Trinajstić information content (AvgIpc) is 2.41. The lowest BCUT2D eigenvalue weighted by Gasteiger charge is -2.08. The van der Waals surface area contributed by atoms with E-state index in [9.17, 15) is 5.11 Å². The predicted octanol–water partition coefficient (Wildman–Crippen LogP) is 3.02. The van der Waals surface area contributed by atoms with Gasteiger partial charge in [-0.25, -0.2) is 4.98 Å². The average molecular weight is 258 g/mol. The van der Waals surface area contributed by atoms with Crippen molar-refractivity contribution in [2.24, 2.45) is 0 Å². The highest BCUT2D eigenvalue weighted by Gasteiger charge is 2.05. The van der Waals surface area contributed by atoms with Crippen molar-refractivity contribution in [1.82, 2.24) is 9.97 Å². The third-order valence-corrected chi connectivity index (χ3v) is 2.71. The first-order valence-corrected chi connectivity index (χ1v) is 6.42. The lowest BCUT2D eigenvalue weighted by molar-refractivity contribution is 0.280. The van der Waals surface area contributed by atoms with Crippen LogP contribution in [0.1, 0.15) is 30.3 Å². The minimum atomic E-state index is -0.0122. The molecule has 0 aliphatic carbocycles. The van der Waals surface area contributed by atoms with E-state index in [1.807, 2.05) is 25.1 Å². The summed E-state index contributed by atoms with van der Waals surface area (Å²) >= 11 is 0. The molecule has 0 aromatic carbocycles. The highest BCUT2D eigenvalue weighted by molar-refractivity contribution is 5.29. The van der Waals surface area contributed by atoms with Crippen LogP contribution in [-0.4, -0.2) is 15.1 Å². The molecule has 0 aliphatic rings. The number of nitrogens with zero attached hydrogens (tertiary/aromatic N) is 2. The Morgan fingerprint density at radius 3 is 2.74 bits per heavy atom. The van der Waals surface area contributed by atoms with Gasteiger partial charge in [0.1, 0.15) is 5.75 Å². The zero-order valence-electron chi connectivity index (χ0n) is 11.3. The zero-order valence-corrected chi connectivity index (χ0v) is 11.3. The molecule has 2 heterocycles. The molecule has 4 nitrogen and oxygen atoms in total. The third kappa shape index (κ3) is 3.76. The van der Waals surface area contributed by atoms with Crippen molar-refractivity contribution >= 4 is 0 Å². The lowest BCUT2D eigenvalue weighted by atomic mass is 10.2. The molecule has 0 aliphatic heterocycles. The largest absolute Gasteiger partial charge is 0.437 e. The van der Waals surface area contributed by atoms with Crippen molar-refractivity contribution in [1.29, 1.82) is 0 Å². The van der Waals surface area contributed by atoms with Crippen LogP contribution in [0.3, 0.4) is 0 Å². The van der Waals surface area contributed by atoms with Crippen LogP contribution in [0.2, 0.25) is 0 Å². The van der Waals surface area contributed by atoms with E-state index in [1.165, 1.54) is 0 Å². The normalized spacial score (nSPS) is 10.5. The summed E-state index contributed by atoms with van der Waals surface area (Å²) in [7, 11) is 0. The summed E-state index contributed by atoms with van der Waals surface area (Å²) in [6.45, 7) is 4.01. The molecule has 0 amide bonds. The summed E-state index contributed by atoms with van der Waals surface area (Å²) in [5, 5.41) is 9.26. The SMILES string of the molecule is CCCc1cc(CO)cc(Oc2ccc(C)nc2)n1. The van der Waals surface area contributed by atoms with Gasteiger partial charge >= 0.3 is 0 Å². The third-order valence-electron chi connectivity index (χ3n) is 2.71. The number of aromatic nitrogens is 2. The Morgan fingerprint density at radius 1 is 1.26 bits per heavy atom. The van der Waals surface area contributed by atoms with E-state index in [4.69, 9.17) is 4.74 Å². The van der Waals surface area contributed by atoms with Gasteiger partial charge in [-0.15, -0.1) is 0 Å². The molecule has 100 valence electrons. The molecule has 2 aromatic heterocycles. The first-order chi connectivity index (χ1) is 9.21. The molecule has 0 spiro atoms. The quantitative estimate of drug-likeness (QED) is 0.895. The van der Waals surface area contributed by atoms with Gasteiger partial charge in [0.2, 0.25) is 5.88 Å². The van der Waals surface area contributed by atoms with Crippen LogP contribution in [0.25, 0.3) is 0 Å². The minimum Gasteiger partial charge on any atom is -0.437 e. The second-order valence-electron chi connectivity index (χ2n) is 4.45. The molecule has 0 radical (unpaired) electrons. The summed E-state index contributed by atoms with van der Waals surface area (Å²) in [6.07, 6.45) is 3.55. The molecule has 2 rings (SSSR count). The Morgan fingerprint density at radius 2 is 2.11 bits per heavy atom. The van der Waals surface area contributed by atoms with E-state index >= 15 is 0 Å². The molecule has 1 N–H and O–H groups in total. The second-order valence-corrected chi connectivity index (χ2v) is 4.45. The fourth-order valence-electron chi connectivity index (χ4n) is 1.78. The van der Waals surface area contributed by atoms with Crippen molar-refractivity contribution in [3.8, 4) is 11.6 Å². The number of rotatable bonds is 5. The van der Waals surface area contributed by atoms with Crippen molar-refractivity contribution in [2.45, 2.75) is 33.3 Å². The van der Waals surface area contributed by atoms with Gasteiger partial charge in [0.25, 0.3) is 0 Å². The molecule has 2 aromatic rings. The summed E-state index contributed by atoms with van der Waals surface area (Å²) in [6, 6.07) is 7.40. The maximum atomic E-state index is 9.26. The number of hydrogen-bond donors (Lipinski definition) is 1. The Balaban J connectivity index is 2.23. The highest BCUT2D eigenvalue weighted by Crippen LogP contribution is 2.21. The Hall–Kier alpha value is -1.94. The lowest BCUT2D eigenvalue weighted by Crippen LogP contribution is -1.97. The van der Waals surface area contributed by atoms with Gasteiger partial charge in [0.15, 0.2) is 0 Å². The first kappa shape index (κ1) is 13.5. The van der Waals surface area contributed by atoms with Crippen LogP contribution < -0.4 is 4.74 Å². The number of aliphatic hydroxyl groups excluding tert-OH is 1. The molecular weight excluding hydrogens is 240 g/mol. The van der Waals surface area contributed by atoms with Crippen molar-refractivity contribution < 1.29 is 9.84 Å². The Kier molecular flexibility index (Phi) is 4.47. The van der Waals surface area contributed by atoms with Crippen molar-refractivity contribution in [2.75, 3.05) is 0 Å². The van der Waals surface area contributed by atoms with Gasteiger partial charge in [0, 0.05) is 17.5 Å². The molecule has 0 saturated carbocycles. The topological polar surface area (TPSA) is 55.2 Å².